The van der Waals surface area contributed by atoms with Crippen molar-refractivity contribution in [2.24, 2.45) is 0 Å². The zero-order valence-electron chi connectivity index (χ0n) is 6.19. The van der Waals surface area contributed by atoms with Crippen LogP contribution in [0, 0.1) is 0 Å². The minimum Gasteiger partial charge on any atom is -0.383 e. The zero-order valence-corrected chi connectivity index (χ0v) is 7.08. The zero-order chi connectivity index (χ0) is 8.43. The smallest absolute Gasteiger partial charge is 0.383 e. The predicted molar refractivity (Wildman–Crippen MR) is 48.3 cm³/mol. The molecule has 0 saturated heterocycles. The van der Waals surface area contributed by atoms with Crippen molar-refractivity contribution in [2.45, 2.75) is 0 Å². The second-order valence-corrected chi connectivity index (χ2v) is 3.88. The van der Waals surface area contributed by atoms with Crippen LogP contribution in [-0.2, 0) is 0 Å². The first-order chi connectivity index (χ1) is 5.11. The van der Waals surface area contributed by atoms with E-state index in [0.717, 1.165) is 0 Å². The summed E-state index contributed by atoms with van der Waals surface area (Å²) in [7, 11) is -0.693. The molecule has 0 aliphatic rings. The van der Waals surface area contributed by atoms with E-state index in [4.69, 9.17) is 5.73 Å². The average Bonchev–Trinajstić information content (AvgIpc) is 1.85. The standard InChI is InChI=1S/C6H8N3OP/c1-11(2)9-4-3-5(7)8-6(9)10/h3-4H,1H2,2H3,(H-,7,8,10)/p+1. The molecule has 11 heavy (non-hydrogen) atoms. The lowest BCUT2D eigenvalue weighted by Crippen LogP contribution is -2.18. The van der Waals surface area contributed by atoms with Crippen LogP contribution in [0.3, 0.4) is 0 Å². The first-order valence-electron chi connectivity index (χ1n) is 3.01. The van der Waals surface area contributed by atoms with Crippen LogP contribution >= 0.6 is 7.70 Å². The second kappa shape index (κ2) is 2.84. The van der Waals surface area contributed by atoms with Crippen molar-refractivity contribution in [2.75, 3.05) is 12.4 Å². The summed E-state index contributed by atoms with van der Waals surface area (Å²) in [6.07, 6.45) is 5.36. The molecule has 0 aliphatic heterocycles. The Bertz CT molecular complexity index is 344. The van der Waals surface area contributed by atoms with Crippen LogP contribution in [0.15, 0.2) is 17.1 Å². The van der Waals surface area contributed by atoms with E-state index in [1.165, 1.54) is 4.34 Å². The van der Waals surface area contributed by atoms with Crippen molar-refractivity contribution in [1.82, 2.24) is 9.32 Å². The third-order valence-corrected chi connectivity index (χ3v) is 2.22. The van der Waals surface area contributed by atoms with Crippen LogP contribution < -0.4 is 11.4 Å². The van der Waals surface area contributed by atoms with Crippen LogP contribution in [0.25, 0.3) is 0 Å². The van der Waals surface area contributed by atoms with Gasteiger partial charge in [-0.15, -0.1) is 4.34 Å². The third kappa shape index (κ3) is 1.65. The van der Waals surface area contributed by atoms with Gasteiger partial charge in [-0.05, 0) is 0 Å². The van der Waals surface area contributed by atoms with Crippen molar-refractivity contribution in [1.29, 1.82) is 0 Å². The lowest BCUT2D eigenvalue weighted by molar-refractivity contribution is 1.02. The Balaban J connectivity index is 3.32. The Kier molecular flexibility index (Phi) is 2.06. The minimum atomic E-state index is -0.693. The molecule has 1 heterocycles. The fraction of sp³-hybridized carbons (Fsp3) is 0.167. The van der Waals surface area contributed by atoms with E-state index in [-0.39, 0.29) is 11.5 Å². The number of hydrogen-bond donors (Lipinski definition) is 1. The monoisotopic (exact) mass is 170 g/mol. The van der Waals surface area contributed by atoms with Gasteiger partial charge in [-0.2, -0.15) is 4.98 Å². The van der Waals surface area contributed by atoms with E-state index in [9.17, 15) is 4.79 Å². The van der Waals surface area contributed by atoms with Gasteiger partial charge in [-0.25, -0.2) is 4.79 Å². The largest absolute Gasteiger partial charge is 0.387 e. The molecule has 0 radical (unpaired) electrons. The molecule has 5 heteroatoms. The van der Waals surface area contributed by atoms with Crippen LogP contribution in [0.4, 0.5) is 5.82 Å². The Morgan fingerprint density at radius 1 is 1.82 bits per heavy atom. The van der Waals surface area contributed by atoms with Crippen LogP contribution in [-0.4, -0.2) is 22.3 Å². The maximum absolute atomic E-state index is 11.0. The molecule has 0 bridgehead atoms. The quantitative estimate of drug-likeness (QED) is 0.609. The van der Waals surface area contributed by atoms with Gasteiger partial charge in [0.25, 0.3) is 0 Å². The molecule has 0 fully saturated rings. The van der Waals surface area contributed by atoms with E-state index in [2.05, 4.69) is 11.3 Å². The number of anilines is 1. The van der Waals surface area contributed by atoms with E-state index in [1.54, 1.807) is 12.3 Å². The fourth-order valence-electron chi connectivity index (χ4n) is 0.670. The molecule has 4 nitrogen and oxygen atoms in total. The summed E-state index contributed by atoms with van der Waals surface area (Å²) in [6, 6.07) is 1.59. The summed E-state index contributed by atoms with van der Waals surface area (Å²) in [5, 5.41) is 0. The summed E-state index contributed by atoms with van der Waals surface area (Å²) in [5.74, 6) is 0.253. The highest BCUT2D eigenvalue weighted by Gasteiger charge is 2.04. The van der Waals surface area contributed by atoms with Gasteiger partial charge in [-0.1, -0.05) is 0 Å². The predicted octanol–water partition coefficient (Wildman–Crippen LogP) is 0.132. The Morgan fingerprint density at radius 2 is 2.45 bits per heavy atom. The number of aromatic nitrogens is 2. The SMILES string of the molecule is C=[P+](C)n1ccc(N)nc1=O. The molecule has 0 aliphatic carbocycles. The maximum atomic E-state index is 11.0. The number of nitrogens with zero attached hydrogens (tertiary/aromatic N) is 2. The molecular weight excluding hydrogens is 161 g/mol. The van der Waals surface area contributed by atoms with E-state index in [1.807, 2.05) is 6.66 Å². The Labute approximate surface area is 65.1 Å². The van der Waals surface area contributed by atoms with Gasteiger partial charge >= 0.3 is 5.69 Å². The maximum Gasteiger partial charge on any atom is 0.387 e. The van der Waals surface area contributed by atoms with Gasteiger partial charge in [-0.3, -0.25) is 0 Å². The topological polar surface area (TPSA) is 60.9 Å². The normalized spacial score (nSPS) is 11.2. The summed E-state index contributed by atoms with van der Waals surface area (Å²) in [5.41, 5.74) is 4.96. The van der Waals surface area contributed by atoms with Crippen molar-refractivity contribution in [3.8, 4) is 0 Å². The first kappa shape index (κ1) is 7.95. The van der Waals surface area contributed by atoms with Crippen molar-refractivity contribution < 1.29 is 0 Å². The molecule has 0 saturated carbocycles. The molecule has 0 spiro atoms. The molecule has 0 aromatic carbocycles. The molecule has 1 aromatic rings. The molecule has 1 rings (SSSR count). The van der Waals surface area contributed by atoms with Crippen LogP contribution in [0.2, 0.25) is 0 Å². The highest BCUT2D eigenvalue weighted by atomic mass is 31.1. The number of nitrogens with two attached hydrogens (primary N) is 1. The van der Waals surface area contributed by atoms with Gasteiger partial charge in [0.2, 0.25) is 7.70 Å². The Morgan fingerprint density at radius 3 is 2.91 bits per heavy atom. The highest BCUT2D eigenvalue weighted by Crippen LogP contribution is 2.12. The summed E-state index contributed by atoms with van der Waals surface area (Å²) < 4.78 is 1.48. The summed E-state index contributed by atoms with van der Waals surface area (Å²) in [6.45, 7) is 1.87. The molecule has 2 N–H and O–H groups in total. The van der Waals surface area contributed by atoms with Gasteiger partial charge in [0, 0.05) is 6.07 Å². The van der Waals surface area contributed by atoms with E-state index in [0.29, 0.717) is 0 Å². The molecule has 1 unspecified atom stereocenters. The van der Waals surface area contributed by atoms with Gasteiger partial charge in [0.1, 0.15) is 12.5 Å². The van der Waals surface area contributed by atoms with E-state index < -0.39 is 7.70 Å². The van der Waals surface area contributed by atoms with Crippen LogP contribution in [0.1, 0.15) is 0 Å². The van der Waals surface area contributed by atoms with Gasteiger partial charge in [0.05, 0.1) is 12.5 Å². The van der Waals surface area contributed by atoms with Gasteiger partial charge in [0.15, 0.2) is 0 Å². The average molecular weight is 170 g/mol. The first-order valence-corrected chi connectivity index (χ1v) is 4.93. The number of hydrogen-bond acceptors (Lipinski definition) is 3. The van der Waals surface area contributed by atoms with Crippen molar-refractivity contribution in [3.63, 3.8) is 0 Å². The third-order valence-electron chi connectivity index (χ3n) is 1.18. The summed E-state index contributed by atoms with van der Waals surface area (Å²) >= 11 is 0. The highest BCUT2D eigenvalue weighted by molar-refractivity contribution is 7.53. The minimum absolute atomic E-state index is 0.253. The lowest BCUT2D eigenvalue weighted by Gasteiger charge is -1.92. The lowest BCUT2D eigenvalue weighted by atomic mass is 10.6. The molecule has 1 atom stereocenters. The van der Waals surface area contributed by atoms with Crippen molar-refractivity contribution in [3.05, 3.63) is 22.7 Å². The van der Waals surface area contributed by atoms with E-state index >= 15 is 0 Å². The number of rotatable bonds is 1. The second-order valence-electron chi connectivity index (χ2n) is 2.14. The van der Waals surface area contributed by atoms with Crippen LogP contribution in [0.5, 0.6) is 0 Å². The summed E-state index contributed by atoms with van der Waals surface area (Å²) in [4.78, 5) is 14.6. The molecular formula is C6H9N3OP+. The fourth-order valence-corrected chi connectivity index (χ4v) is 1.30. The van der Waals surface area contributed by atoms with Crippen molar-refractivity contribution >= 4 is 19.8 Å². The molecule has 58 valence electrons. The molecule has 0 amide bonds. The molecule has 1 aromatic heterocycles. The van der Waals surface area contributed by atoms with Gasteiger partial charge < -0.3 is 5.73 Å². The Hall–Kier alpha value is -1.15. The number of nitrogen functional groups attached to an aromatic ring is 1.